The Balaban J connectivity index is 2.08. The predicted octanol–water partition coefficient (Wildman–Crippen LogP) is 4.83. The molecule has 4 aromatic carbocycles. The van der Waals surface area contributed by atoms with Crippen LogP contribution in [0.2, 0.25) is 0 Å². The Morgan fingerprint density at radius 3 is 2.43 bits per heavy atom. The molecular formula is C20H15N. The van der Waals surface area contributed by atoms with Crippen LogP contribution >= 0.6 is 0 Å². The quantitative estimate of drug-likeness (QED) is 0.276. The van der Waals surface area contributed by atoms with Gasteiger partial charge in [0.1, 0.15) is 0 Å². The lowest BCUT2D eigenvalue weighted by Crippen LogP contribution is -1.91. The molecule has 5 rings (SSSR count). The molecule has 4 aromatic rings. The summed E-state index contributed by atoms with van der Waals surface area (Å²) < 4.78 is 0. The number of anilines is 1. The summed E-state index contributed by atoms with van der Waals surface area (Å²) in [7, 11) is 0. The van der Waals surface area contributed by atoms with Gasteiger partial charge in [-0.25, -0.2) is 0 Å². The van der Waals surface area contributed by atoms with Crippen LogP contribution in [-0.2, 0) is 12.8 Å². The average molecular weight is 269 g/mol. The number of fused-ring (bicyclic) bond motifs is 4. The van der Waals surface area contributed by atoms with Gasteiger partial charge in [0.05, 0.1) is 0 Å². The second-order valence-electron chi connectivity index (χ2n) is 5.97. The Labute approximate surface area is 123 Å². The lowest BCUT2D eigenvalue weighted by Gasteiger charge is -2.10. The molecule has 0 fully saturated rings. The van der Waals surface area contributed by atoms with Crippen LogP contribution < -0.4 is 5.73 Å². The first-order valence-electron chi connectivity index (χ1n) is 7.47. The van der Waals surface area contributed by atoms with Gasteiger partial charge in [0.2, 0.25) is 0 Å². The van der Waals surface area contributed by atoms with Gasteiger partial charge in [-0.15, -0.1) is 0 Å². The molecule has 0 aliphatic heterocycles. The summed E-state index contributed by atoms with van der Waals surface area (Å²) in [5.41, 5.74) is 9.94. The molecule has 0 saturated carbocycles. The third-order valence-corrected chi connectivity index (χ3v) is 4.90. The van der Waals surface area contributed by atoms with E-state index in [0.29, 0.717) is 0 Å². The number of hydrogen-bond acceptors (Lipinski definition) is 1. The van der Waals surface area contributed by atoms with Crippen LogP contribution in [0.3, 0.4) is 0 Å². The maximum Gasteiger partial charge on any atom is 0.0353 e. The zero-order valence-electron chi connectivity index (χ0n) is 11.7. The summed E-state index contributed by atoms with van der Waals surface area (Å²) in [4.78, 5) is 0. The maximum atomic E-state index is 6.17. The number of aryl methyl sites for hydroxylation is 2. The lowest BCUT2D eigenvalue weighted by atomic mass is 9.94. The highest BCUT2D eigenvalue weighted by atomic mass is 14.6. The maximum absolute atomic E-state index is 6.17. The Morgan fingerprint density at radius 2 is 1.48 bits per heavy atom. The van der Waals surface area contributed by atoms with Crippen molar-refractivity contribution in [3.8, 4) is 0 Å². The van der Waals surface area contributed by atoms with Crippen molar-refractivity contribution in [2.75, 3.05) is 5.73 Å². The first-order valence-corrected chi connectivity index (χ1v) is 7.47. The average Bonchev–Trinajstić information content (AvgIpc) is 2.97. The van der Waals surface area contributed by atoms with Crippen molar-refractivity contribution in [1.82, 2.24) is 0 Å². The highest BCUT2D eigenvalue weighted by Gasteiger charge is 2.19. The van der Waals surface area contributed by atoms with Gasteiger partial charge in [0.25, 0.3) is 0 Å². The molecule has 0 heterocycles. The first kappa shape index (κ1) is 11.2. The van der Waals surface area contributed by atoms with E-state index in [1.54, 1.807) is 0 Å². The van der Waals surface area contributed by atoms with Gasteiger partial charge in [-0.2, -0.15) is 0 Å². The van der Waals surface area contributed by atoms with Crippen LogP contribution in [0, 0.1) is 0 Å². The SMILES string of the molecule is Nc1ccc2cc3c(ccc4ccccc43)c3c2c1CC3. The van der Waals surface area contributed by atoms with Gasteiger partial charge in [-0.1, -0.05) is 42.5 Å². The third kappa shape index (κ3) is 1.36. The smallest absolute Gasteiger partial charge is 0.0353 e. The van der Waals surface area contributed by atoms with Crippen molar-refractivity contribution in [3.05, 3.63) is 65.7 Å². The standard InChI is InChI=1S/C20H15N/c21-19-10-6-13-11-18-14-4-2-1-3-12(14)5-7-15(18)16-8-9-17(19)20(13)16/h1-7,10-11H,8-9,21H2. The molecule has 100 valence electrons. The largest absolute Gasteiger partial charge is 0.398 e. The zero-order chi connectivity index (χ0) is 14.0. The van der Waals surface area contributed by atoms with E-state index in [0.717, 1.165) is 18.5 Å². The number of benzene rings is 4. The van der Waals surface area contributed by atoms with Crippen LogP contribution in [0.4, 0.5) is 5.69 Å². The van der Waals surface area contributed by atoms with E-state index in [1.165, 1.54) is 43.4 Å². The summed E-state index contributed by atoms with van der Waals surface area (Å²) >= 11 is 0. The molecule has 0 bridgehead atoms. The molecule has 0 aromatic heterocycles. The molecular weight excluding hydrogens is 254 g/mol. The fourth-order valence-electron chi connectivity index (χ4n) is 3.94. The highest BCUT2D eigenvalue weighted by molar-refractivity contribution is 6.15. The van der Waals surface area contributed by atoms with Gasteiger partial charge < -0.3 is 5.73 Å². The van der Waals surface area contributed by atoms with Gasteiger partial charge >= 0.3 is 0 Å². The lowest BCUT2D eigenvalue weighted by molar-refractivity contribution is 1.03. The van der Waals surface area contributed by atoms with E-state index in [9.17, 15) is 0 Å². The van der Waals surface area contributed by atoms with E-state index >= 15 is 0 Å². The van der Waals surface area contributed by atoms with Gasteiger partial charge in [0.15, 0.2) is 0 Å². The fourth-order valence-corrected chi connectivity index (χ4v) is 3.94. The second-order valence-corrected chi connectivity index (χ2v) is 5.97. The van der Waals surface area contributed by atoms with E-state index in [4.69, 9.17) is 5.73 Å². The monoisotopic (exact) mass is 269 g/mol. The minimum Gasteiger partial charge on any atom is -0.398 e. The van der Waals surface area contributed by atoms with E-state index in [-0.39, 0.29) is 0 Å². The Bertz CT molecular complexity index is 1040. The first-order chi connectivity index (χ1) is 10.3. The van der Waals surface area contributed by atoms with Crippen molar-refractivity contribution < 1.29 is 0 Å². The van der Waals surface area contributed by atoms with Crippen LogP contribution in [-0.4, -0.2) is 0 Å². The number of rotatable bonds is 0. The van der Waals surface area contributed by atoms with Crippen molar-refractivity contribution in [3.63, 3.8) is 0 Å². The Morgan fingerprint density at radius 1 is 0.667 bits per heavy atom. The van der Waals surface area contributed by atoms with Crippen molar-refractivity contribution in [2.45, 2.75) is 12.8 Å². The van der Waals surface area contributed by atoms with Gasteiger partial charge in [-0.05, 0) is 68.4 Å². The van der Waals surface area contributed by atoms with E-state index in [1.807, 2.05) is 0 Å². The Hall–Kier alpha value is -2.54. The molecule has 1 heteroatoms. The number of nitrogens with two attached hydrogens (primary N) is 1. The second kappa shape index (κ2) is 3.76. The predicted molar refractivity (Wildman–Crippen MR) is 90.8 cm³/mol. The molecule has 1 nitrogen and oxygen atoms in total. The van der Waals surface area contributed by atoms with Crippen molar-refractivity contribution >= 4 is 38.0 Å². The number of hydrogen-bond donors (Lipinski definition) is 1. The van der Waals surface area contributed by atoms with E-state index in [2.05, 4.69) is 54.6 Å². The number of nitrogen functional groups attached to an aromatic ring is 1. The minimum absolute atomic E-state index is 0.946. The van der Waals surface area contributed by atoms with Crippen LogP contribution in [0.25, 0.3) is 32.3 Å². The molecule has 0 unspecified atom stereocenters. The summed E-state index contributed by atoms with van der Waals surface area (Å²) in [6, 6.07) is 19.7. The minimum atomic E-state index is 0.946. The van der Waals surface area contributed by atoms with Crippen LogP contribution in [0.1, 0.15) is 11.1 Å². The highest BCUT2D eigenvalue weighted by Crippen LogP contribution is 2.40. The molecule has 1 aliphatic carbocycles. The molecule has 0 atom stereocenters. The van der Waals surface area contributed by atoms with Gasteiger partial charge in [-0.3, -0.25) is 0 Å². The van der Waals surface area contributed by atoms with Crippen LogP contribution in [0.15, 0.2) is 54.6 Å². The fraction of sp³-hybridized carbons (Fsp3) is 0.100. The third-order valence-electron chi connectivity index (χ3n) is 4.90. The summed E-state index contributed by atoms with van der Waals surface area (Å²) in [6.07, 6.45) is 2.18. The summed E-state index contributed by atoms with van der Waals surface area (Å²) in [6.45, 7) is 0. The van der Waals surface area contributed by atoms with Crippen molar-refractivity contribution in [1.29, 1.82) is 0 Å². The summed E-state index contributed by atoms with van der Waals surface area (Å²) in [5, 5.41) is 8.15. The molecule has 1 aliphatic rings. The molecule has 0 radical (unpaired) electrons. The normalized spacial score (nSPS) is 13.5. The van der Waals surface area contributed by atoms with Gasteiger partial charge in [0, 0.05) is 5.69 Å². The molecule has 0 amide bonds. The van der Waals surface area contributed by atoms with E-state index < -0.39 is 0 Å². The molecule has 2 N–H and O–H groups in total. The van der Waals surface area contributed by atoms with Crippen molar-refractivity contribution in [2.24, 2.45) is 0 Å². The Kier molecular flexibility index (Phi) is 2.00. The molecule has 21 heavy (non-hydrogen) atoms. The topological polar surface area (TPSA) is 26.0 Å². The summed E-state index contributed by atoms with van der Waals surface area (Å²) in [5.74, 6) is 0. The zero-order valence-corrected chi connectivity index (χ0v) is 11.7. The molecule has 0 spiro atoms. The van der Waals surface area contributed by atoms with Crippen LogP contribution in [0.5, 0.6) is 0 Å². The molecule has 0 saturated heterocycles.